The maximum Gasteiger partial charge on any atom is 0.409 e. The third kappa shape index (κ3) is 6.59. The van der Waals surface area contributed by atoms with Gasteiger partial charge in [-0.05, 0) is 43.0 Å². The van der Waals surface area contributed by atoms with Crippen LogP contribution in [-0.2, 0) is 11.3 Å². The highest BCUT2D eigenvalue weighted by Crippen LogP contribution is 2.25. The zero-order valence-electron chi connectivity index (χ0n) is 18.8. The molecule has 0 unspecified atom stereocenters. The van der Waals surface area contributed by atoms with E-state index in [-0.39, 0.29) is 12.0 Å². The molecule has 11 heteroatoms. The van der Waals surface area contributed by atoms with Gasteiger partial charge in [-0.3, -0.25) is 4.79 Å². The van der Waals surface area contributed by atoms with Crippen molar-refractivity contribution in [3.63, 3.8) is 0 Å². The molecule has 1 aliphatic carbocycles. The molecule has 2 heterocycles. The van der Waals surface area contributed by atoms with E-state index in [9.17, 15) is 9.59 Å². The Labute approximate surface area is 215 Å². The van der Waals surface area contributed by atoms with E-state index in [1.165, 1.54) is 12.8 Å². The second-order valence-corrected chi connectivity index (χ2v) is 10.2. The van der Waals surface area contributed by atoms with Gasteiger partial charge in [-0.2, -0.15) is 4.98 Å². The zero-order chi connectivity index (χ0) is 23.9. The van der Waals surface area contributed by atoms with E-state index in [1.54, 1.807) is 11.1 Å². The third-order valence-corrected chi connectivity index (χ3v) is 7.18. The lowest BCUT2D eigenvalue weighted by Gasteiger charge is -2.17. The summed E-state index contributed by atoms with van der Waals surface area (Å²) in [5, 5.41) is 9.63. The van der Waals surface area contributed by atoms with Gasteiger partial charge >= 0.3 is 6.09 Å². The summed E-state index contributed by atoms with van der Waals surface area (Å²) in [6.07, 6.45) is 6.39. The standard InChI is InChI=1S/C23H28Br2N6O3/c24-16-6-7-19(25)15(12-16)13-27-22-28-14-18(20(30-22)29-17-4-1-2-5-17)21(32)26-8-3-9-31-10-11-34-23(31)33/h6-7,12,14,17H,1-5,8-11,13H2,(H,26,32)(H2,27,28,29,30). The Morgan fingerprint density at radius 1 is 1.24 bits per heavy atom. The number of benzene rings is 1. The molecular weight excluding hydrogens is 568 g/mol. The van der Waals surface area contributed by atoms with Crippen molar-refractivity contribution < 1.29 is 14.3 Å². The Morgan fingerprint density at radius 3 is 2.82 bits per heavy atom. The molecule has 2 aromatic rings. The van der Waals surface area contributed by atoms with Gasteiger partial charge in [0.1, 0.15) is 18.0 Å². The van der Waals surface area contributed by atoms with Crippen molar-refractivity contribution in [1.29, 1.82) is 0 Å². The van der Waals surface area contributed by atoms with Crippen molar-refractivity contribution in [3.8, 4) is 0 Å². The van der Waals surface area contributed by atoms with Gasteiger partial charge in [0, 0.05) is 40.8 Å². The summed E-state index contributed by atoms with van der Waals surface area (Å²) >= 11 is 7.06. The molecule has 3 N–H and O–H groups in total. The van der Waals surface area contributed by atoms with Crippen LogP contribution >= 0.6 is 31.9 Å². The molecule has 1 aromatic carbocycles. The first kappa shape index (κ1) is 24.7. The van der Waals surface area contributed by atoms with Crippen molar-refractivity contribution in [2.24, 2.45) is 0 Å². The molecule has 0 spiro atoms. The van der Waals surface area contributed by atoms with Crippen molar-refractivity contribution in [2.75, 3.05) is 36.9 Å². The maximum absolute atomic E-state index is 12.9. The average molecular weight is 596 g/mol. The highest BCUT2D eigenvalue weighted by Gasteiger charge is 2.22. The maximum atomic E-state index is 12.9. The number of anilines is 2. The van der Waals surface area contributed by atoms with Crippen LogP contribution in [-0.4, -0.2) is 59.2 Å². The fourth-order valence-electron chi connectivity index (χ4n) is 4.06. The molecule has 1 aliphatic heterocycles. The van der Waals surface area contributed by atoms with Gasteiger partial charge in [-0.1, -0.05) is 44.7 Å². The Hall–Kier alpha value is -2.40. The third-order valence-electron chi connectivity index (χ3n) is 5.91. The van der Waals surface area contributed by atoms with E-state index in [0.29, 0.717) is 62.6 Å². The Bertz CT molecular complexity index is 1030. The van der Waals surface area contributed by atoms with Crippen LogP contribution in [0.3, 0.4) is 0 Å². The molecule has 1 aromatic heterocycles. The van der Waals surface area contributed by atoms with Crippen LogP contribution in [0.5, 0.6) is 0 Å². The predicted molar refractivity (Wildman–Crippen MR) is 137 cm³/mol. The minimum Gasteiger partial charge on any atom is -0.448 e. The van der Waals surface area contributed by atoms with E-state index in [4.69, 9.17) is 4.74 Å². The molecular formula is C23H28Br2N6O3. The van der Waals surface area contributed by atoms with Gasteiger partial charge in [0.2, 0.25) is 5.95 Å². The number of ether oxygens (including phenoxy) is 1. The number of hydrogen-bond acceptors (Lipinski definition) is 7. The fourth-order valence-corrected chi connectivity index (χ4v) is 4.85. The summed E-state index contributed by atoms with van der Waals surface area (Å²) in [6, 6.07) is 6.28. The monoisotopic (exact) mass is 594 g/mol. The van der Waals surface area contributed by atoms with E-state index in [1.807, 2.05) is 18.2 Å². The number of cyclic esters (lactones) is 1. The molecule has 2 aliphatic rings. The van der Waals surface area contributed by atoms with Crippen molar-refractivity contribution >= 4 is 55.6 Å². The SMILES string of the molecule is O=C(NCCCN1CCOC1=O)c1cnc(NCc2cc(Br)ccc2Br)nc1NC1CCCC1. The summed E-state index contributed by atoms with van der Waals surface area (Å²) in [6.45, 7) is 2.56. The van der Waals surface area contributed by atoms with E-state index >= 15 is 0 Å². The Kier molecular flexibility index (Phi) is 8.60. The quantitative estimate of drug-likeness (QED) is 0.346. The van der Waals surface area contributed by atoms with Crippen LogP contribution in [0.1, 0.15) is 48.0 Å². The first-order chi connectivity index (χ1) is 16.5. The number of hydrogen-bond donors (Lipinski definition) is 3. The second-order valence-electron chi connectivity index (χ2n) is 8.38. The van der Waals surface area contributed by atoms with Crippen LogP contribution < -0.4 is 16.0 Å². The van der Waals surface area contributed by atoms with Gasteiger partial charge in [-0.15, -0.1) is 0 Å². The van der Waals surface area contributed by atoms with Gasteiger partial charge in [0.05, 0.1) is 6.54 Å². The summed E-state index contributed by atoms with van der Waals surface area (Å²) in [5.41, 5.74) is 1.48. The lowest BCUT2D eigenvalue weighted by Crippen LogP contribution is -2.31. The van der Waals surface area contributed by atoms with Crippen molar-refractivity contribution in [3.05, 3.63) is 44.5 Å². The van der Waals surface area contributed by atoms with Crippen LogP contribution in [0.4, 0.5) is 16.6 Å². The molecule has 1 saturated carbocycles. The van der Waals surface area contributed by atoms with Crippen LogP contribution in [0.15, 0.2) is 33.3 Å². The van der Waals surface area contributed by atoms with E-state index in [0.717, 1.165) is 27.4 Å². The van der Waals surface area contributed by atoms with Gasteiger partial charge in [0.15, 0.2) is 0 Å². The number of carbonyl (C=O) groups is 2. The zero-order valence-corrected chi connectivity index (χ0v) is 22.0. The molecule has 0 radical (unpaired) electrons. The molecule has 2 fully saturated rings. The normalized spacial score (nSPS) is 15.9. The largest absolute Gasteiger partial charge is 0.448 e. The number of rotatable bonds is 10. The Balaban J connectivity index is 1.39. The van der Waals surface area contributed by atoms with Crippen LogP contribution in [0.2, 0.25) is 0 Å². The minimum atomic E-state index is -0.291. The molecule has 1 saturated heterocycles. The molecule has 0 atom stereocenters. The topological polar surface area (TPSA) is 108 Å². The summed E-state index contributed by atoms with van der Waals surface area (Å²) < 4.78 is 6.91. The lowest BCUT2D eigenvalue weighted by molar-refractivity contribution is 0.0952. The number of nitrogens with one attached hydrogen (secondary N) is 3. The van der Waals surface area contributed by atoms with Crippen LogP contribution in [0, 0.1) is 0 Å². The molecule has 34 heavy (non-hydrogen) atoms. The average Bonchev–Trinajstić information content (AvgIpc) is 3.49. The number of nitrogens with zero attached hydrogens (tertiary/aromatic N) is 3. The van der Waals surface area contributed by atoms with Gasteiger partial charge in [0.25, 0.3) is 5.91 Å². The number of halogens is 2. The minimum absolute atomic E-state index is 0.231. The molecule has 0 bridgehead atoms. The highest BCUT2D eigenvalue weighted by molar-refractivity contribution is 9.11. The second kappa shape index (κ2) is 11.8. The first-order valence-corrected chi connectivity index (χ1v) is 13.1. The van der Waals surface area contributed by atoms with Crippen LogP contribution in [0.25, 0.3) is 0 Å². The molecule has 9 nitrogen and oxygen atoms in total. The van der Waals surface area contributed by atoms with Gasteiger partial charge in [-0.25, -0.2) is 9.78 Å². The molecule has 182 valence electrons. The number of carbonyl (C=O) groups excluding carboxylic acids is 2. The predicted octanol–water partition coefficient (Wildman–Crippen LogP) is 4.54. The highest BCUT2D eigenvalue weighted by atomic mass is 79.9. The summed E-state index contributed by atoms with van der Waals surface area (Å²) in [5.74, 6) is 0.764. The number of aromatic nitrogens is 2. The van der Waals surface area contributed by atoms with Crippen molar-refractivity contribution in [2.45, 2.75) is 44.7 Å². The van der Waals surface area contributed by atoms with E-state index in [2.05, 4.69) is 57.8 Å². The fraction of sp³-hybridized carbons (Fsp3) is 0.478. The van der Waals surface area contributed by atoms with Crippen molar-refractivity contribution in [1.82, 2.24) is 20.2 Å². The summed E-state index contributed by atoms with van der Waals surface area (Å²) in [4.78, 5) is 35.1. The summed E-state index contributed by atoms with van der Waals surface area (Å²) in [7, 11) is 0. The van der Waals surface area contributed by atoms with E-state index < -0.39 is 0 Å². The lowest BCUT2D eigenvalue weighted by atomic mass is 10.2. The smallest absolute Gasteiger partial charge is 0.409 e. The Morgan fingerprint density at radius 2 is 2.06 bits per heavy atom. The molecule has 4 rings (SSSR count). The first-order valence-electron chi connectivity index (χ1n) is 11.5. The number of amides is 2. The van der Waals surface area contributed by atoms with Gasteiger partial charge < -0.3 is 25.6 Å². The molecule has 2 amide bonds.